The molecule has 5 atom stereocenters. The molecule has 1 aliphatic heterocycles. The van der Waals surface area contributed by atoms with Crippen molar-refractivity contribution in [1.29, 1.82) is 0 Å². The number of aliphatic hydroxyl groups is 4. The number of hydrogen-bond acceptors (Lipinski definition) is 7. The van der Waals surface area contributed by atoms with Crippen molar-refractivity contribution in [2.24, 2.45) is 4.99 Å². The zero-order valence-electron chi connectivity index (χ0n) is 11.5. The normalized spacial score (nSPS) is 33.3. The first-order valence-corrected chi connectivity index (χ1v) is 6.54. The number of hydrogen-bond donors (Lipinski definition) is 4. The van der Waals surface area contributed by atoms with Crippen LogP contribution in [0.3, 0.4) is 0 Å². The average Bonchev–Trinajstić information content (AvgIpc) is 2.51. The van der Waals surface area contributed by atoms with Crippen LogP contribution < -0.4 is 4.74 Å². The van der Waals surface area contributed by atoms with E-state index in [4.69, 9.17) is 14.6 Å². The fraction of sp³-hybridized carbons (Fsp3) is 0.500. The Balaban J connectivity index is 2.08. The fourth-order valence-corrected chi connectivity index (χ4v) is 2.11. The smallest absolute Gasteiger partial charge is 0.180 e. The van der Waals surface area contributed by atoms with Crippen LogP contribution in [0.2, 0.25) is 0 Å². The van der Waals surface area contributed by atoms with Crippen LogP contribution in [-0.4, -0.2) is 71.0 Å². The molecule has 1 aliphatic rings. The Labute approximate surface area is 122 Å². The molecule has 0 saturated carbocycles. The Morgan fingerprint density at radius 3 is 2.43 bits per heavy atom. The molecule has 1 aromatic rings. The molecule has 4 N–H and O–H groups in total. The molecule has 0 unspecified atom stereocenters. The van der Waals surface area contributed by atoms with E-state index in [1.54, 1.807) is 31.4 Å². The molecule has 0 bridgehead atoms. The molecule has 0 radical (unpaired) electrons. The Kier molecular flexibility index (Phi) is 5.27. The van der Waals surface area contributed by atoms with E-state index in [2.05, 4.69) is 4.99 Å². The molecular weight excluding hydrogens is 278 g/mol. The number of benzene rings is 1. The first kappa shape index (κ1) is 15.9. The summed E-state index contributed by atoms with van der Waals surface area (Å²) in [5.74, 6) is 0.703. The summed E-state index contributed by atoms with van der Waals surface area (Å²) in [4.78, 5) is 4.06. The van der Waals surface area contributed by atoms with Crippen LogP contribution in [0.5, 0.6) is 5.75 Å². The summed E-state index contributed by atoms with van der Waals surface area (Å²) in [6.45, 7) is -0.496. The monoisotopic (exact) mass is 297 g/mol. The van der Waals surface area contributed by atoms with Crippen LogP contribution in [0.25, 0.3) is 0 Å². The van der Waals surface area contributed by atoms with Crippen molar-refractivity contribution < 1.29 is 29.9 Å². The molecule has 1 aromatic carbocycles. The van der Waals surface area contributed by atoms with Crippen molar-refractivity contribution in [1.82, 2.24) is 0 Å². The van der Waals surface area contributed by atoms with Crippen LogP contribution in [0.1, 0.15) is 5.56 Å². The van der Waals surface area contributed by atoms with Gasteiger partial charge >= 0.3 is 0 Å². The predicted molar refractivity (Wildman–Crippen MR) is 74.4 cm³/mol. The highest BCUT2D eigenvalue weighted by molar-refractivity contribution is 5.79. The van der Waals surface area contributed by atoms with Crippen LogP contribution in [0, 0.1) is 0 Å². The summed E-state index contributed by atoms with van der Waals surface area (Å²) >= 11 is 0. The lowest BCUT2D eigenvalue weighted by Gasteiger charge is -2.38. The summed E-state index contributed by atoms with van der Waals surface area (Å²) in [5.41, 5.74) is 0.744. The molecule has 0 spiro atoms. The zero-order valence-corrected chi connectivity index (χ0v) is 11.5. The molecule has 0 aromatic heterocycles. The lowest BCUT2D eigenvalue weighted by Crippen LogP contribution is -2.57. The fourth-order valence-electron chi connectivity index (χ4n) is 2.11. The number of nitrogens with zero attached hydrogens (tertiary/aromatic N) is 1. The SMILES string of the molecule is COc1ccc(C=N[C@H]2[C@H](O)[C@@H](O)[C@H](CO)O[C@@H]2O)cc1. The van der Waals surface area contributed by atoms with Crippen molar-refractivity contribution in [3.8, 4) is 5.75 Å². The highest BCUT2D eigenvalue weighted by Gasteiger charge is 2.43. The lowest BCUT2D eigenvalue weighted by molar-refractivity contribution is -0.248. The largest absolute Gasteiger partial charge is 0.497 e. The van der Waals surface area contributed by atoms with Crippen LogP contribution in [-0.2, 0) is 4.74 Å². The molecule has 7 nitrogen and oxygen atoms in total. The second kappa shape index (κ2) is 6.97. The topological polar surface area (TPSA) is 112 Å². The minimum atomic E-state index is -1.39. The minimum absolute atomic E-state index is 0.496. The van der Waals surface area contributed by atoms with Gasteiger partial charge in [0.15, 0.2) is 6.29 Å². The Bertz CT molecular complexity index is 477. The van der Waals surface area contributed by atoms with E-state index in [-0.39, 0.29) is 0 Å². The highest BCUT2D eigenvalue weighted by Crippen LogP contribution is 2.22. The summed E-state index contributed by atoms with van der Waals surface area (Å²) in [6, 6.07) is 6.00. The summed E-state index contributed by atoms with van der Waals surface area (Å²) in [6.07, 6.45) is -3.58. The van der Waals surface area contributed by atoms with Crippen molar-refractivity contribution in [3.05, 3.63) is 29.8 Å². The molecular formula is C14H19NO6. The van der Waals surface area contributed by atoms with Gasteiger partial charge in [0.25, 0.3) is 0 Å². The lowest BCUT2D eigenvalue weighted by atomic mass is 9.97. The van der Waals surface area contributed by atoms with Crippen LogP contribution in [0.4, 0.5) is 0 Å². The number of aliphatic hydroxyl groups excluding tert-OH is 4. The Morgan fingerprint density at radius 1 is 1.19 bits per heavy atom. The van der Waals surface area contributed by atoms with Gasteiger partial charge in [0.2, 0.25) is 0 Å². The van der Waals surface area contributed by atoms with Gasteiger partial charge in [-0.05, 0) is 29.8 Å². The Hall–Kier alpha value is -1.51. The number of aliphatic imine (C=N–C) groups is 1. The van der Waals surface area contributed by atoms with Crippen molar-refractivity contribution >= 4 is 6.21 Å². The molecule has 1 heterocycles. The maximum Gasteiger partial charge on any atom is 0.180 e. The summed E-state index contributed by atoms with van der Waals surface area (Å²) < 4.78 is 10.1. The Morgan fingerprint density at radius 2 is 1.86 bits per heavy atom. The molecule has 1 saturated heterocycles. The quantitative estimate of drug-likeness (QED) is 0.526. The van der Waals surface area contributed by atoms with Gasteiger partial charge in [-0.2, -0.15) is 0 Å². The molecule has 2 rings (SSSR count). The molecule has 0 aliphatic carbocycles. The third-order valence-electron chi connectivity index (χ3n) is 3.38. The van der Waals surface area contributed by atoms with E-state index in [1.165, 1.54) is 6.21 Å². The third kappa shape index (κ3) is 3.58. The summed E-state index contributed by atoms with van der Waals surface area (Å²) in [7, 11) is 1.56. The van der Waals surface area contributed by atoms with E-state index in [0.29, 0.717) is 5.75 Å². The third-order valence-corrected chi connectivity index (χ3v) is 3.38. The van der Waals surface area contributed by atoms with Gasteiger partial charge in [0.1, 0.15) is 30.1 Å². The van der Waals surface area contributed by atoms with Crippen molar-refractivity contribution in [2.75, 3.05) is 13.7 Å². The van der Waals surface area contributed by atoms with Gasteiger partial charge in [-0.15, -0.1) is 0 Å². The second-order valence-electron chi connectivity index (χ2n) is 4.77. The molecule has 21 heavy (non-hydrogen) atoms. The van der Waals surface area contributed by atoms with E-state index in [9.17, 15) is 15.3 Å². The van der Waals surface area contributed by atoms with Gasteiger partial charge in [-0.25, -0.2) is 0 Å². The number of ether oxygens (including phenoxy) is 2. The minimum Gasteiger partial charge on any atom is -0.497 e. The van der Waals surface area contributed by atoms with Crippen LogP contribution in [0.15, 0.2) is 29.3 Å². The van der Waals surface area contributed by atoms with E-state index in [1.807, 2.05) is 0 Å². The average molecular weight is 297 g/mol. The molecule has 1 fully saturated rings. The zero-order chi connectivity index (χ0) is 15.4. The molecule has 7 heteroatoms. The maximum atomic E-state index is 9.93. The van der Waals surface area contributed by atoms with Gasteiger partial charge < -0.3 is 29.9 Å². The van der Waals surface area contributed by atoms with Gasteiger partial charge in [-0.3, -0.25) is 4.99 Å². The van der Waals surface area contributed by atoms with Crippen molar-refractivity contribution in [2.45, 2.75) is 30.6 Å². The van der Waals surface area contributed by atoms with E-state index in [0.717, 1.165) is 5.56 Å². The summed E-state index contributed by atoms with van der Waals surface area (Å²) in [5, 5.41) is 38.5. The van der Waals surface area contributed by atoms with E-state index >= 15 is 0 Å². The van der Waals surface area contributed by atoms with Crippen molar-refractivity contribution in [3.63, 3.8) is 0 Å². The van der Waals surface area contributed by atoms with Gasteiger partial charge in [0, 0.05) is 6.21 Å². The highest BCUT2D eigenvalue weighted by atomic mass is 16.6. The van der Waals surface area contributed by atoms with Gasteiger partial charge in [0.05, 0.1) is 13.7 Å². The molecule has 116 valence electrons. The standard InChI is InChI=1S/C14H19NO6/c1-20-9-4-2-8(3-5-9)6-15-11-13(18)12(17)10(7-16)21-14(11)19/h2-6,10-14,16-19H,7H2,1H3/t10-,11-,12-,13-,14-/m0/s1. The van der Waals surface area contributed by atoms with Crippen LogP contribution >= 0.6 is 0 Å². The second-order valence-corrected chi connectivity index (χ2v) is 4.77. The molecule has 0 amide bonds. The first-order chi connectivity index (χ1) is 10.1. The maximum absolute atomic E-state index is 9.93. The predicted octanol–water partition coefficient (Wildman–Crippen LogP) is -1.09. The first-order valence-electron chi connectivity index (χ1n) is 6.54. The number of methoxy groups -OCH3 is 1. The van der Waals surface area contributed by atoms with E-state index < -0.39 is 37.3 Å². The van der Waals surface area contributed by atoms with Gasteiger partial charge in [-0.1, -0.05) is 0 Å². The number of rotatable bonds is 4.